The lowest BCUT2D eigenvalue weighted by Crippen LogP contribution is -2.64. The van der Waals surface area contributed by atoms with E-state index in [2.05, 4.69) is 5.32 Å². The van der Waals surface area contributed by atoms with Crippen molar-refractivity contribution >= 4 is 27.7 Å². The highest BCUT2D eigenvalue weighted by atomic mass is 32.2. The highest BCUT2D eigenvalue weighted by Gasteiger charge is 2.58. The van der Waals surface area contributed by atoms with Crippen molar-refractivity contribution in [3.8, 4) is 0 Å². The van der Waals surface area contributed by atoms with Crippen LogP contribution < -0.4 is 15.4 Å². The van der Waals surface area contributed by atoms with Gasteiger partial charge in [-0.15, -0.1) is 0 Å². The standard InChI is InChI=1S/C23H30F2N4O4S/c1-13(28-5-2-6-29(34(28,32)33)17-3-4-18(24)19(25)9-17)21(30)27-20-15-7-14-8-16(20)12-23(10-14,11-15)22(26)31/h3-4,9,13-16,20H,2,5-8,10-12H2,1H3,(H2,26,31)(H,27,30). The molecule has 8 nitrogen and oxygen atoms in total. The summed E-state index contributed by atoms with van der Waals surface area (Å²) < 4.78 is 55.9. The van der Waals surface area contributed by atoms with Gasteiger partial charge in [-0.3, -0.25) is 13.9 Å². The Morgan fingerprint density at radius 2 is 1.79 bits per heavy atom. The third kappa shape index (κ3) is 3.67. The number of hydrogen-bond donors (Lipinski definition) is 2. The van der Waals surface area contributed by atoms with Crippen LogP contribution in [0.1, 0.15) is 45.4 Å². The zero-order valence-electron chi connectivity index (χ0n) is 19.0. The number of carbonyl (C=O) groups is 2. The lowest BCUT2D eigenvalue weighted by atomic mass is 9.47. The molecule has 6 rings (SSSR count). The van der Waals surface area contributed by atoms with Gasteiger partial charge in [0, 0.05) is 30.6 Å². The van der Waals surface area contributed by atoms with Gasteiger partial charge in [0.1, 0.15) is 6.04 Å². The molecule has 4 aliphatic carbocycles. The summed E-state index contributed by atoms with van der Waals surface area (Å²) in [4.78, 5) is 25.4. The van der Waals surface area contributed by atoms with E-state index in [-0.39, 0.29) is 48.5 Å². The second-order valence-electron chi connectivity index (χ2n) is 10.5. The van der Waals surface area contributed by atoms with E-state index in [0.717, 1.165) is 40.0 Å². The molecule has 11 heteroatoms. The number of rotatable bonds is 5. The number of hydrogen-bond acceptors (Lipinski definition) is 4. The molecule has 0 radical (unpaired) electrons. The SMILES string of the molecule is CC(C(=O)NC1C2CC3CC1CC(C(N)=O)(C3)C2)N1CCCN(c2ccc(F)c(F)c2)S1(=O)=O. The molecule has 0 aromatic heterocycles. The molecule has 5 aliphatic rings. The van der Waals surface area contributed by atoms with Crippen molar-refractivity contribution in [2.24, 2.45) is 28.9 Å². The second kappa shape index (κ2) is 8.15. The van der Waals surface area contributed by atoms with Crippen LogP contribution in [0.3, 0.4) is 0 Å². The number of anilines is 1. The first-order valence-corrected chi connectivity index (χ1v) is 13.3. The van der Waals surface area contributed by atoms with Gasteiger partial charge in [0.15, 0.2) is 11.6 Å². The van der Waals surface area contributed by atoms with Gasteiger partial charge in [-0.25, -0.2) is 8.78 Å². The van der Waals surface area contributed by atoms with Gasteiger partial charge < -0.3 is 11.1 Å². The Hall–Kier alpha value is -2.27. The summed E-state index contributed by atoms with van der Waals surface area (Å²) in [5, 5.41) is 3.10. The molecular formula is C23H30F2N4O4S. The summed E-state index contributed by atoms with van der Waals surface area (Å²) in [6.45, 7) is 1.81. The van der Waals surface area contributed by atoms with Crippen molar-refractivity contribution in [3.05, 3.63) is 29.8 Å². The van der Waals surface area contributed by atoms with E-state index in [1.807, 2.05) is 0 Å². The fraction of sp³-hybridized carbons (Fsp3) is 0.652. The summed E-state index contributed by atoms with van der Waals surface area (Å²) in [7, 11) is -4.12. The Bertz CT molecular complexity index is 1110. The van der Waals surface area contributed by atoms with Crippen LogP contribution in [-0.2, 0) is 19.8 Å². The van der Waals surface area contributed by atoms with Gasteiger partial charge in [-0.1, -0.05) is 0 Å². The van der Waals surface area contributed by atoms with E-state index in [1.165, 1.54) is 6.07 Å². The number of nitrogens with two attached hydrogens (primary N) is 1. The third-order valence-electron chi connectivity index (χ3n) is 8.42. The fourth-order valence-corrected chi connectivity index (χ4v) is 8.85. The van der Waals surface area contributed by atoms with Crippen molar-refractivity contribution in [3.63, 3.8) is 0 Å². The van der Waals surface area contributed by atoms with Crippen LogP contribution in [0, 0.1) is 34.8 Å². The van der Waals surface area contributed by atoms with Crippen molar-refractivity contribution in [1.82, 2.24) is 9.62 Å². The molecule has 3 unspecified atom stereocenters. The molecular weight excluding hydrogens is 466 g/mol. The van der Waals surface area contributed by atoms with Crippen molar-refractivity contribution in [1.29, 1.82) is 0 Å². The summed E-state index contributed by atoms with van der Waals surface area (Å²) in [6, 6.07) is 1.88. The minimum Gasteiger partial charge on any atom is -0.369 e. The smallest absolute Gasteiger partial charge is 0.304 e. The molecule has 1 saturated heterocycles. The maximum Gasteiger partial charge on any atom is 0.304 e. The number of primary amides is 1. The molecule has 0 spiro atoms. The molecule has 5 fully saturated rings. The Labute approximate surface area is 198 Å². The van der Waals surface area contributed by atoms with Crippen LogP contribution >= 0.6 is 0 Å². The normalized spacial score (nSPS) is 35.2. The first-order chi connectivity index (χ1) is 16.0. The zero-order valence-corrected chi connectivity index (χ0v) is 19.9. The molecule has 1 aliphatic heterocycles. The van der Waals surface area contributed by atoms with Crippen LogP contribution in [0.15, 0.2) is 18.2 Å². The Morgan fingerprint density at radius 1 is 1.12 bits per heavy atom. The fourth-order valence-electron chi connectivity index (χ4n) is 7.00. The summed E-state index contributed by atoms with van der Waals surface area (Å²) in [6.07, 6.45) is 4.49. The minimum absolute atomic E-state index is 0.0222. The van der Waals surface area contributed by atoms with E-state index in [4.69, 9.17) is 5.73 Å². The predicted molar refractivity (Wildman–Crippen MR) is 121 cm³/mol. The lowest BCUT2D eigenvalue weighted by molar-refractivity contribution is -0.147. The number of benzene rings is 1. The van der Waals surface area contributed by atoms with Gasteiger partial charge in [0.05, 0.1) is 5.69 Å². The quantitative estimate of drug-likeness (QED) is 0.648. The minimum atomic E-state index is -4.12. The average Bonchev–Trinajstić information content (AvgIpc) is 2.76. The lowest BCUT2D eigenvalue weighted by Gasteiger charge is -2.59. The monoisotopic (exact) mass is 496 g/mol. The largest absolute Gasteiger partial charge is 0.369 e. The maximum absolute atomic E-state index is 13.7. The van der Waals surface area contributed by atoms with Crippen molar-refractivity contribution < 1.29 is 26.8 Å². The Kier molecular flexibility index (Phi) is 5.63. The number of carbonyl (C=O) groups excluding carboxylic acids is 2. The number of nitrogens with zero attached hydrogens (tertiary/aromatic N) is 2. The van der Waals surface area contributed by atoms with E-state index < -0.39 is 33.3 Å². The molecule has 1 aromatic rings. The average molecular weight is 497 g/mol. The third-order valence-corrected chi connectivity index (χ3v) is 10.5. The zero-order chi connectivity index (χ0) is 24.4. The van der Waals surface area contributed by atoms with E-state index >= 15 is 0 Å². The molecule has 3 N–H and O–H groups in total. The summed E-state index contributed by atoms with van der Waals surface area (Å²) in [5.74, 6) is -2.06. The van der Waals surface area contributed by atoms with E-state index in [1.54, 1.807) is 6.92 Å². The first-order valence-electron chi connectivity index (χ1n) is 11.9. The molecule has 4 bridgehead atoms. The van der Waals surface area contributed by atoms with Crippen LogP contribution in [0.5, 0.6) is 0 Å². The molecule has 3 atom stereocenters. The van der Waals surface area contributed by atoms with E-state index in [0.29, 0.717) is 25.2 Å². The van der Waals surface area contributed by atoms with Gasteiger partial charge in [0.2, 0.25) is 11.8 Å². The van der Waals surface area contributed by atoms with Crippen LogP contribution in [-0.4, -0.2) is 49.7 Å². The molecule has 1 aromatic carbocycles. The highest BCUT2D eigenvalue weighted by Crippen LogP contribution is 2.59. The van der Waals surface area contributed by atoms with Gasteiger partial charge in [-0.2, -0.15) is 12.7 Å². The maximum atomic E-state index is 13.7. The van der Waals surface area contributed by atoms with Gasteiger partial charge in [-0.05, 0) is 75.3 Å². The van der Waals surface area contributed by atoms with Crippen molar-refractivity contribution in [2.45, 2.75) is 57.5 Å². The van der Waals surface area contributed by atoms with Gasteiger partial charge >= 0.3 is 10.2 Å². The Morgan fingerprint density at radius 3 is 2.41 bits per heavy atom. The number of nitrogens with one attached hydrogen (secondary N) is 1. The van der Waals surface area contributed by atoms with Crippen molar-refractivity contribution in [2.75, 3.05) is 17.4 Å². The molecule has 34 heavy (non-hydrogen) atoms. The van der Waals surface area contributed by atoms with Crippen LogP contribution in [0.2, 0.25) is 0 Å². The second-order valence-corrected chi connectivity index (χ2v) is 12.3. The first kappa shape index (κ1) is 23.5. The van der Waals surface area contributed by atoms with Crippen LogP contribution in [0.4, 0.5) is 14.5 Å². The van der Waals surface area contributed by atoms with Crippen LogP contribution in [0.25, 0.3) is 0 Å². The molecule has 2 amide bonds. The number of amides is 2. The van der Waals surface area contributed by atoms with E-state index in [9.17, 15) is 26.8 Å². The highest BCUT2D eigenvalue weighted by molar-refractivity contribution is 7.90. The molecule has 186 valence electrons. The topological polar surface area (TPSA) is 113 Å². The summed E-state index contributed by atoms with van der Waals surface area (Å²) >= 11 is 0. The van der Waals surface area contributed by atoms with Gasteiger partial charge in [0.25, 0.3) is 0 Å². The summed E-state index contributed by atoms with van der Waals surface area (Å²) in [5.41, 5.74) is 5.30. The molecule has 4 saturated carbocycles. The predicted octanol–water partition coefficient (Wildman–Crippen LogP) is 1.91. The Balaban J connectivity index is 1.31. The number of halogens is 2. The molecule has 1 heterocycles.